The van der Waals surface area contributed by atoms with Crippen molar-refractivity contribution < 1.29 is 14.3 Å². The molecule has 2 aromatic rings. The van der Waals surface area contributed by atoms with Crippen molar-refractivity contribution >= 4 is 17.3 Å². The second kappa shape index (κ2) is 8.56. The second-order valence-electron chi connectivity index (χ2n) is 6.33. The summed E-state index contributed by atoms with van der Waals surface area (Å²) in [6.45, 7) is 1.65. The fraction of sp³-hybridized carbons (Fsp3) is 0.400. The second-order valence-corrected chi connectivity index (χ2v) is 6.33. The molecule has 0 unspecified atom stereocenters. The van der Waals surface area contributed by atoms with Gasteiger partial charge in [-0.25, -0.2) is 4.98 Å². The molecule has 0 bridgehead atoms. The number of pyridine rings is 1. The number of amides is 1. The van der Waals surface area contributed by atoms with Crippen LogP contribution in [0, 0.1) is 0 Å². The van der Waals surface area contributed by atoms with Crippen molar-refractivity contribution in [3.63, 3.8) is 0 Å². The van der Waals surface area contributed by atoms with Gasteiger partial charge in [0.05, 0.1) is 31.8 Å². The summed E-state index contributed by atoms with van der Waals surface area (Å²) >= 11 is 0. The van der Waals surface area contributed by atoms with E-state index in [0.29, 0.717) is 11.4 Å². The number of hydrogen-bond acceptors (Lipinski definition) is 5. The van der Waals surface area contributed by atoms with E-state index in [9.17, 15) is 4.79 Å². The number of aromatic nitrogens is 1. The molecule has 0 atom stereocenters. The summed E-state index contributed by atoms with van der Waals surface area (Å²) in [7, 11) is 3.23. The number of nitrogens with one attached hydrogen (secondary N) is 1. The Hall–Kier alpha value is -2.76. The van der Waals surface area contributed by atoms with Crippen LogP contribution in [0.1, 0.15) is 36.2 Å². The summed E-state index contributed by atoms with van der Waals surface area (Å²) in [5, 5.41) is 3.26. The normalized spacial score (nSPS) is 14.5. The fourth-order valence-electron chi connectivity index (χ4n) is 3.09. The Morgan fingerprint density at radius 1 is 1.04 bits per heavy atom. The molecule has 0 aliphatic carbocycles. The van der Waals surface area contributed by atoms with Crippen molar-refractivity contribution in [3.8, 4) is 11.5 Å². The van der Waals surface area contributed by atoms with E-state index in [1.165, 1.54) is 12.8 Å². The summed E-state index contributed by atoms with van der Waals surface area (Å²) in [4.78, 5) is 18.9. The molecule has 6 nitrogen and oxygen atoms in total. The van der Waals surface area contributed by atoms with Crippen LogP contribution >= 0.6 is 0 Å². The lowest BCUT2D eigenvalue weighted by molar-refractivity contribution is 0.0756. The molecule has 6 heteroatoms. The third-order valence-corrected chi connectivity index (χ3v) is 4.56. The topological polar surface area (TPSA) is 63.7 Å². The molecule has 3 rings (SSSR count). The van der Waals surface area contributed by atoms with E-state index < -0.39 is 0 Å². The molecule has 26 heavy (non-hydrogen) atoms. The zero-order chi connectivity index (χ0) is 18.4. The van der Waals surface area contributed by atoms with Crippen LogP contribution in [0.4, 0.5) is 11.4 Å². The lowest BCUT2D eigenvalue weighted by Crippen LogP contribution is -2.32. The Bertz CT molecular complexity index is 738. The molecule has 1 amide bonds. The van der Waals surface area contributed by atoms with E-state index in [0.717, 1.165) is 43.1 Å². The number of carbonyl (C=O) groups excluding carboxylic acids is 1. The molecule has 1 N–H and O–H groups in total. The van der Waals surface area contributed by atoms with Crippen LogP contribution in [-0.4, -0.2) is 43.1 Å². The maximum Gasteiger partial charge on any atom is 0.272 e. The van der Waals surface area contributed by atoms with Crippen molar-refractivity contribution in [1.82, 2.24) is 9.88 Å². The third kappa shape index (κ3) is 4.25. The third-order valence-electron chi connectivity index (χ3n) is 4.56. The average Bonchev–Trinajstić information content (AvgIpc) is 2.98. The molecular weight excluding hydrogens is 330 g/mol. The Morgan fingerprint density at radius 3 is 2.42 bits per heavy atom. The van der Waals surface area contributed by atoms with Gasteiger partial charge in [0.2, 0.25) is 0 Å². The number of likely N-dealkylation sites (tertiary alicyclic amines) is 1. The molecule has 0 radical (unpaired) electrons. The zero-order valence-corrected chi connectivity index (χ0v) is 15.3. The number of benzene rings is 1. The number of nitrogens with zero attached hydrogens (tertiary/aromatic N) is 2. The summed E-state index contributed by atoms with van der Waals surface area (Å²) in [6.07, 6.45) is 6.22. The average molecular weight is 355 g/mol. The van der Waals surface area contributed by atoms with Gasteiger partial charge < -0.3 is 19.7 Å². The highest BCUT2D eigenvalue weighted by Crippen LogP contribution is 2.31. The smallest absolute Gasteiger partial charge is 0.272 e. The first-order valence-corrected chi connectivity index (χ1v) is 8.95. The molecule has 2 heterocycles. The highest BCUT2D eigenvalue weighted by atomic mass is 16.5. The van der Waals surface area contributed by atoms with Crippen molar-refractivity contribution in [2.24, 2.45) is 0 Å². The van der Waals surface area contributed by atoms with Gasteiger partial charge in [0, 0.05) is 19.2 Å². The van der Waals surface area contributed by atoms with Gasteiger partial charge in [-0.3, -0.25) is 4.79 Å². The predicted octanol–water partition coefficient (Wildman–Crippen LogP) is 3.86. The maximum atomic E-state index is 12.6. The molecular formula is C20H25N3O3. The van der Waals surface area contributed by atoms with Gasteiger partial charge in [0.1, 0.15) is 17.2 Å². The monoisotopic (exact) mass is 355 g/mol. The number of methoxy groups -OCH3 is 2. The zero-order valence-electron chi connectivity index (χ0n) is 15.3. The van der Waals surface area contributed by atoms with E-state index in [1.807, 2.05) is 29.2 Å². The largest absolute Gasteiger partial charge is 0.497 e. The van der Waals surface area contributed by atoms with Gasteiger partial charge in [0.25, 0.3) is 5.91 Å². The first kappa shape index (κ1) is 18.0. The highest BCUT2D eigenvalue weighted by molar-refractivity contribution is 5.92. The number of rotatable bonds is 5. The van der Waals surface area contributed by atoms with Crippen LogP contribution in [0.5, 0.6) is 11.5 Å². The lowest BCUT2D eigenvalue weighted by atomic mass is 10.2. The number of carbonyl (C=O) groups is 1. The van der Waals surface area contributed by atoms with Gasteiger partial charge in [-0.15, -0.1) is 0 Å². The summed E-state index contributed by atoms with van der Waals surface area (Å²) in [6, 6.07) is 9.18. The molecule has 138 valence electrons. The Balaban J connectivity index is 1.70. The SMILES string of the molecule is COc1ccc(Nc2ccc(C(=O)N3CCCCCC3)nc2)c(OC)c1. The lowest BCUT2D eigenvalue weighted by Gasteiger charge is -2.19. The van der Waals surface area contributed by atoms with Crippen molar-refractivity contribution in [3.05, 3.63) is 42.2 Å². The fourth-order valence-corrected chi connectivity index (χ4v) is 3.09. The van der Waals surface area contributed by atoms with Gasteiger partial charge in [-0.1, -0.05) is 12.8 Å². The quantitative estimate of drug-likeness (QED) is 0.882. The summed E-state index contributed by atoms with van der Waals surface area (Å²) < 4.78 is 10.6. The molecule has 1 saturated heterocycles. The van der Waals surface area contributed by atoms with Crippen LogP contribution in [0.2, 0.25) is 0 Å². The highest BCUT2D eigenvalue weighted by Gasteiger charge is 2.18. The Labute approximate surface area is 154 Å². The summed E-state index contributed by atoms with van der Waals surface area (Å²) in [5.74, 6) is 1.42. The molecule has 1 aliphatic rings. The minimum atomic E-state index is 0.0143. The van der Waals surface area contributed by atoms with Gasteiger partial charge in [0.15, 0.2) is 0 Å². The predicted molar refractivity (Wildman–Crippen MR) is 101 cm³/mol. The van der Waals surface area contributed by atoms with Crippen LogP contribution in [0.15, 0.2) is 36.5 Å². The molecule has 1 aromatic carbocycles. The van der Waals surface area contributed by atoms with E-state index in [4.69, 9.17) is 9.47 Å². The van der Waals surface area contributed by atoms with Crippen LogP contribution in [-0.2, 0) is 0 Å². The maximum absolute atomic E-state index is 12.6. The van der Waals surface area contributed by atoms with Gasteiger partial charge in [-0.05, 0) is 37.1 Å². The van der Waals surface area contributed by atoms with Crippen molar-refractivity contribution in [1.29, 1.82) is 0 Å². The summed E-state index contributed by atoms with van der Waals surface area (Å²) in [5.41, 5.74) is 2.08. The molecule has 1 fully saturated rings. The van der Waals surface area contributed by atoms with Crippen molar-refractivity contribution in [2.75, 3.05) is 32.6 Å². The first-order valence-electron chi connectivity index (χ1n) is 8.95. The van der Waals surface area contributed by atoms with E-state index in [-0.39, 0.29) is 5.91 Å². The van der Waals surface area contributed by atoms with E-state index in [2.05, 4.69) is 10.3 Å². The number of ether oxygens (including phenoxy) is 2. The van der Waals surface area contributed by atoms with E-state index >= 15 is 0 Å². The van der Waals surface area contributed by atoms with Crippen LogP contribution < -0.4 is 14.8 Å². The van der Waals surface area contributed by atoms with Crippen LogP contribution in [0.25, 0.3) is 0 Å². The van der Waals surface area contributed by atoms with E-state index in [1.54, 1.807) is 26.5 Å². The van der Waals surface area contributed by atoms with Gasteiger partial charge in [-0.2, -0.15) is 0 Å². The minimum absolute atomic E-state index is 0.0143. The number of hydrogen-bond donors (Lipinski definition) is 1. The number of anilines is 2. The standard InChI is InChI=1S/C20H25N3O3/c1-25-16-8-10-17(19(13-16)26-2)22-15-7-9-18(21-14-15)20(24)23-11-5-3-4-6-12-23/h7-10,13-14,22H,3-6,11-12H2,1-2H3. The minimum Gasteiger partial charge on any atom is -0.497 e. The van der Waals surface area contributed by atoms with Crippen molar-refractivity contribution in [2.45, 2.75) is 25.7 Å². The molecule has 0 saturated carbocycles. The van der Waals surface area contributed by atoms with Gasteiger partial charge >= 0.3 is 0 Å². The molecule has 1 aliphatic heterocycles. The Kier molecular flexibility index (Phi) is 5.94. The molecule has 0 spiro atoms. The Morgan fingerprint density at radius 2 is 1.81 bits per heavy atom. The first-order chi connectivity index (χ1) is 12.7. The van der Waals surface area contributed by atoms with Crippen LogP contribution in [0.3, 0.4) is 0 Å². The molecule has 1 aromatic heterocycles.